The summed E-state index contributed by atoms with van der Waals surface area (Å²) in [4.78, 5) is 0. The molecule has 0 saturated heterocycles. The zero-order valence-corrected chi connectivity index (χ0v) is 16.4. The van der Waals surface area contributed by atoms with Crippen LogP contribution in [-0.2, 0) is 5.41 Å². The third kappa shape index (κ3) is 2.35. The Balaban J connectivity index is 1.51. The molecule has 0 fully saturated rings. The van der Waals surface area contributed by atoms with Gasteiger partial charge in [0.05, 0.1) is 0 Å². The molecule has 29 heavy (non-hydrogen) atoms. The van der Waals surface area contributed by atoms with Crippen LogP contribution in [0.1, 0.15) is 25.0 Å². The van der Waals surface area contributed by atoms with Crippen molar-refractivity contribution < 1.29 is 9.15 Å². The van der Waals surface area contributed by atoms with E-state index in [9.17, 15) is 0 Å². The summed E-state index contributed by atoms with van der Waals surface area (Å²) in [5.41, 5.74) is 6.50. The molecule has 0 atom stereocenters. The lowest BCUT2D eigenvalue weighted by Crippen LogP contribution is -2.24. The molecule has 4 aromatic carbocycles. The zero-order valence-electron chi connectivity index (χ0n) is 16.4. The maximum absolute atomic E-state index is 6.30. The van der Waals surface area contributed by atoms with Crippen molar-refractivity contribution in [3.63, 3.8) is 0 Å². The molecule has 6 rings (SSSR count). The van der Waals surface area contributed by atoms with Crippen molar-refractivity contribution in [2.75, 3.05) is 0 Å². The van der Waals surface area contributed by atoms with Gasteiger partial charge in [-0.25, -0.2) is 0 Å². The fourth-order valence-corrected chi connectivity index (χ4v) is 4.54. The molecule has 0 N–H and O–H groups in total. The monoisotopic (exact) mass is 376 g/mol. The first-order valence-corrected chi connectivity index (χ1v) is 9.95. The fourth-order valence-electron chi connectivity index (χ4n) is 4.54. The average molecular weight is 376 g/mol. The Morgan fingerprint density at radius 3 is 2.21 bits per heavy atom. The Labute approximate surface area is 169 Å². The standard InChI is InChI=1S/C27H20O2/c1-27(2)21-8-4-6-10-25(21)29-26-16-18(11-13-22(26)27)17-12-14-24-20(15-17)19-7-3-5-9-23(19)28-24/h3-16H,1-2H3. The molecule has 2 heteroatoms. The molecule has 1 aliphatic heterocycles. The molecule has 0 bridgehead atoms. The van der Waals surface area contributed by atoms with Gasteiger partial charge in [0.1, 0.15) is 22.7 Å². The highest BCUT2D eigenvalue weighted by molar-refractivity contribution is 6.06. The van der Waals surface area contributed by atoms with Gasteiger partial charge in [0.2, 0.25) is 0 Å². The molecule has 0 saturated carbocycles. The van der Waals surface area contributed by atoms with Crippen LogP contribution in [0.3, 0.4) is 0 Å². The number of hydrogen-bond donors (Lipinski definition) is 0. The highest BCUT2D eigenvalue weighted by atomic mass is 16.5. The van der Waals surface area contributed by atoms with E-state index in [0.29, 0.717) is 0 Å². The van der Waals surface area contributed by atoms with Gasteiger partial charge in [-0.1, -0.05) is 68.4 Å². The van der Waals surface area contributed by atoms with E-state index in [1.165, 1.54) is 11.1 Å². The van der Waals surface area contributed by atoms with Crippen molar-refractivity contribution >= 4 is 21.9 Å². The first kappa shape index (κ1) is 16.4. The van der Waals surface area contributed by atoms with Crippen LogP contribution < -0.4 is 4.74 Å². The third-order valence-corrected chi connectivity index (χ3v) is 6.15. The molecule has 2 heterocycles. The van der Waals surface area contributed by atoms with Gasteiger partial charge in [0.15, 0.2) is 0 Å². The van der Waals surface area contributed by atoms with Gasteiger partial charge in [-0.15, -0.1) is 0 Å². The minimum absolute atomic E-state index is 0.0899. The van der Waals surface area contributed by atoms with E-state index in [0.717, 1.165) is 44.6 Å². The third-order valence-electron chi connectivity index (χ3n) is 6.15. The number of benzene rings is 4. The predicted molar refractivity (Wildman–Crippen MR) is 118 cm³/mol. The zero-order chi connectivity index (χ0) is 19.6. The summed E-state index contributed by atoms with van der Waals surface area (Å²) in [5, 5.41) is 2.29. The molecule has 1 aromatic heterocycles. The van der Waals surface area contributed by atoms with E-state index in [1.807, 2.05) is 18.2 Å². The van der Waals surface area contributed by atoms with Crippen LogP contribution in [0.25, 0.3) is 33.1 Å². The van der Waals surface area contributed by atoms with E-state index >= 15 is 0 Å². The Hall–Kier alpha value is -3.52. The number of hydrogen-bond acceptors (Lipinski definition) is 2. The van der Waals surface area contributed by atoms with Crippen molar-refractivity contribution in [3.8, 4) is 22.6 Å². The molecule has 0 radical (unpaired) electrons. The van der Waals surface area contributed by atoms with E-state index < -0.39 is 0 Å². The van der Waals surface area contributed by atoms with Crippen LogP contribution in [0.2, 0.25) is 0 Å². The molecular formula is C27H20O2. The van der Waals surface area contributed by atoms with Crippen molar-refractivity contribution in [1.82, 2.24) is 0 Å². The SMILES string of the molecule is CC1(C)c2ccccc2Oc2cc(-c3ccc4oc5ccccc5c4c3)ccc21. The molecule has 2 nitrogen and oxygen atoms in total. The van der Waals surface area contributed by atoms with E-state index in [1.54, 1.807) is 0 Å². The second-order valence-corrected chi connectivity index (χ2v) is 8.24. The molecule has 0 unspecified atom stereocenters. The second-order valence-electron chi connectivity index (χ2n) is 8.24. The lowest BCUT2D eigenvalue weighted by atomic mass is 9.75. The van der Waals surface area contributed by atoms with Gasteiger partial charge in [0.25, 0.3) is 0 Å². The normalized spacial score (nSPS) is 14.4. The second kappa shape index (κ2) is 5.74. The molecule has 140 valence electrons. The number of furan rings is 1. The average Bonchev–Trinajstić information content (AvgIpc) is 3.11. The smallest absolute Gasteiger partial charge is 0.135 e. The van der Waals surface area contributed by atoms with Gasteiger partial charge in [0, 0.05) is 27.3 Å². The predicted octanol–water partition coefficient (Wildman–Crippen LogP) is 7.68. The quantitative estimate of drug-likeness (QED) is 0.299. The number of fused-ring (bicyclic) bond motifs is 5. The highest BCUT2D eigenvalue weighted by Gasteiger charge is 2.33. The molecule has 1 aliphatic rings. The Kier molecular flexibility index (Phi) is 3.25. The molecule has 0 aliphatic carbocycles. The largest absolute Gasteiger partial charge is 0.457 e. The van der Waals surface area contributed by atoms with Gasteiger partial charge in [-0.05, 0) is 41.5 Å². The number of para-hydroxylation sites is 2. The van der Waals surface area contributed by atoms with E-state index in [-0.39, 0.29) is 5.41 Å². The lowest BCUT2D eigenvalue weighted by Gasteiger charge is -2.34. The van der Waals surface area contributed by atoms with E-state index in [4.69, 9.17) is 9.15 Å². The summed E-state index contributed by atoms with van der Waals surface area (Å²) >= 11 is 0. The van der Waals surface area contributed by atoms with Crippen LogP contribution in [0.15, 0.2) is 89.3 Å². The molecule has 5 aromatic rings. The number of ether oxygens (including phenoxy) is 1. The maximum Gasteiger partial charge on any atom is 0.135 e. The molecule has 0 amide bonds. The highest BCUT2D eigenvalue weighted by Crippen LogP contribution is 2.48. The minimum atomic E-state index is -0.0899. The van der Waals surface area contributed by atoms with Crippen molar-refractivity contribution in [2.24, 2.45) is 0 Å². The summed E-state index contributed by atoms with van der Waals surface area (Å²) in [7, 11) is 0. The van der Waals surface area contributed by atoms with Gasteiger partial charge in [-0.3, -0.25) is 0 Å². The van der Waals surface area contributed by atoms with Gasteiger partial charge in [-0.2, -0.15) is 0 Å². The van der Waals surface area contributed by atoms with Crippen LogP contribution in [0, 0.1) is 0 Å². The fraction of sp³-hybridized carbons (Fsp3) is 0.111. The van der Waals surface area contributed by atoms with Crippen LogP contribution in [0.4, 0.5) is 0 Å². The summed E-state index contributed by atoms with van der Waals surface area (Å²) in [6, 6.07) is 29.5. The Morgan fingerprint density at radius 2 is 1.28 bits per heavy atom. The minimum Gasteiger partial charge on any atom is -0.457 e. The maximum atomic E-state index is 6.30. The Bertz CT molecular complexity index is 1410. The summed E-state index contributed by atoms with van der Waals surface area (Å²) in [6.45, 7) is 4.52. The Morgan fingerprint density at radius 1 is 0.586 bits per heavy atom. The first-order valence-electron chi connectivity index (χ1n) is 9.95. The first-order chi connectivity index (χ1) is 14.1. The topological polar surface area (TPSA) is 22.4 Å². The van der Waals surface area contributed by atoms with Crippen molar-refractivity contribution in [1.29, 1.82) is 0 Å². The van der Waals surface area contributed by atoms with Crippen LogP contribution in [0.5, 0.6) is 11.5 Å². The van der Waals surface area contributed by atoms with Gasteiger partial charge >= 0.3 is 0 Å². The summed E-state index contributed by atoms with van der Waals surface area (Å²) < 4.78 is 12.3. The van der Waals surface area contributed by atoms with Crippen LogP contribution in [-0.4, -0.2) is 0 Å². The van der Waals surface area contributed by atoms with Crippen molar-refractivity contribution in [3.05, 3.63) is 96.1 Å². The molecular weight excluding hydrogens is 356 g/mol. The number of rotatable bonds is 1. The molecule has 0 spiro atoms. The van der Waals surface area contributed by atoms with Crippen molar-refractivity contribution in [2.45, 2.75) is 19.3 Å². The summed E-state index contributed by atoms with van der Waals surface area (Å²) in [5.74, 6) is 1.88. The van der Waals surface area contributed by atoms with Gasteiger partial charge < -0.3 is 9.15 Å². The van der Waals surface area contributed by atoms with Crippen LogP contribution >= 0.6 is 0 Å². The summed E-state index contributed by atoms with van der Waals surface area (Å²) in [6.07, 6.45) is 0. The lowest BCUT2D eigenvalue weighted by molar-refractivity contribution is 0.418. The van der Waals surface area contributed by atoms with E-state index in [2.05, 4.69) is 80.6 Å².